The smallest absolute Gasteiger partial charge is 0.0103 e. The zero-order valence-electron chi connectivity index (χ0n) is 16.2. The van der Waals surface area contributed by atoms with E-state index in [0.717, 1.165) is 0 Å². The summed E-state index contributed by atoms with van der Waals surface area (Å²) in [6.45, 7) is 6.41. The van der Waals surface area contributed by atoms with Crippen LogP contribution in [-0.2, 0) is 0 Å². The fourth-order valence-corrected chi connectivity index (χ4v) is 3.49. The van der Waals surface area contributed by atoms with Gasteiger partial charge in [0.2, 0.25) is 0 Å². The first kappa shape index (κ1) is 17.3. The van der Waals surface area contributed by atoms with Crippen molar-refractivity contribution >= 4 is 0 Å². The minimum atomic E-state index is 1.25. The first-order chi connectivity index (χ1) is 13.1. The van der Waals surface area contributed by atoms with Crippen LogP contribution >= 0.6 is 0 Å². The summed E-state index contributed by atoms with van der Waals surface area (Å²) in [4.78, 5) is 0. The molecule has 4 aromatic rings. The van der Waals surface area contributed by atoms with E-state index >= 15 is 0 Å². The van der Waals surface area contributed by atoms with Gasteiger partial charge in [0.25, 0.3) is 0 Å². The van der Waals surface area contributed by atoms with Gasteiger partial charge in [0.15, 0.2) is 0 Å². The van der Waals surface area contributed by atoms with E-state index in [1.54, 1.807) is 0 Å². The molecule has 0 heterocycles. The minimum Gasteiger partial charge on any atom is -0.0610 e. The third-order valence-electron chi connectivity index (χ3n) is 5.10. The van der Waals surface area contributed by atoms with E-state index in [0.29, 0.717) is 0 Å². The molecular weight excluding hydrogens is 324 g/mol. The van der Waals surface area contributed by atoms with Crippen molar-refractivity contribution in [3.8, 4) is 33.4 Å². The van der Waals surface area contributed by atoms with Crippen LogP contribution in [0.25, 0.3) is 33.4 Å². The number of hydrogen-bond acceptors (Lipinski definition) is 0. The highest BCUT2D eigenvalue weighted by atomic mass is 14.1. The minimum absolute atomic E-state index is 1.25. The van der Waals surface area contributed by atoms with Crippen LogP contribution in [0.4, 0.5) is 0 Å². The Hall–Kier alpha value is -3.12. The van der Waals surface area contributed by atoms with Crippen molar-refractivity contribution in [3.63, 3.8) is 0 Å². The summed E-state index contributed by atoms with van der Waals surface area (Å²) < 4.78 is 0. The van der Waals surface area contributed by atoms with Gasteiger partial charge >= 0.3 is 0 Å². The van der Waals surface area contributed by atoms with Gasteiger partial charge in [0.05, 0.1) is 0 Å². The molecule has 0 unspecified atom stereocenters. The van der Waals surface area contributed by atoms with Crippen molar-refractivity contribution in [3.05, 3.63) is 108 Å². The maximum absolute atomic E-state index is 2.30. The van der Waals surface area contributed by atoms with Crippen LogP contribution in [0.3, 0.4) is 0 Å². The summed E-state index contributed by atoms with van der Waals surface area (Å²) in [5.41, 5.74) is 11.4. The molecule has 0 saturated heterocycles. The van der Waals surface area contributed by atoms with E-state index in [-0.39, 0.29) is 0 Å². The predicted octanol–water partition coefficient (Wildman–Crippen LogP) is 7.61. The van der Waals surface area contributed by atoms with Crippen molar-refractivity contribution in [1.29, 1.82) is 0 Å². The van der Waals surface area contributed by atoms with Gasteiger partial charge in [-0.1, -0.05) is 102 Å². The molecule has 0 bridgehead atoms. The number of aryl methyl sites for hydroxylation is 3. The Morgan fingerprint density at radius 2 is 0.926 bits per heavy atom. The van der Waals surface area contributed by atoms with Gasteiger partial charge in [0, 0.05) is 0 Å². The van der Waals surface area contributed by atoms with Gasteiger partial charge in [-0.3, -0.25) is 0 Å². The Balaban J connectivity index is 1.84. The molecule has 27 heavy (non-hydrogen) atoms. The largest absolute Gasteiger partial charge is 0.0610 e. The third kappa shape index (κ3) is 3.71. The lowest BCUT2D eigenvalue weighted by atomic mass is 9.91. The Morgan fingerprint density at radius 1 is 0.370 bits per heavy atom. The second-order valence-electron chi connectivity index (χ2n) is 7.36. The van der Waals surface area contributed by atoms with Gasteiger partial charge in [-0.05, 0) is 60.2 Å². The topological polar surface area (TPSA) is 0 Å². The molecule has 0 radical (unpaired) electrons. The number of hydrogen-bond donors (Lipinski definition) is 0. The van der Waals surface area contributed by atoms with Crippen LogP contribution in [0.5, 0.6) is 0 Å². The Morgan fingerprint density at radius 3 is 1.59 bits per heavy atom. The maximum atomic E-state index is 2.30. The molecule has 4 rings (SSSR count). The van der Waals surface area contributed by atoms with E-state index in [9.17, 15) is 0 Å². The van der Waals surface area contributed by atoms with Gasteiger partial charge in [-0.2, -0.15) is 0 Å². The van der Waals surface area contributed by atoms with E-state index in [2.05, 4.69) is 112 Å². The molecule has 0 aliphatic rings. The predicted molar refractivity (Wildman–Crippen MR) is 117 cm³/mol. The van der Waals surface area contributed by atoms with Crippen molar-refractivity contribution in [2.45, 2.75) is 20.8 Å². The van der Waals surface area contributed by atoms with Crippen molar-refractivity contribution in [2.75, 3.05) is 0 Å². The van der Waals surface area contributed by atoms with Crippen LogP contribution in [0, 0.1) is 20.8 Å². The van der Waals surface area contributed by atoms with Crippen LogP contribution < -0.4 is 0 Å². The molecule has 0 heteroatoms. The summed E-state index contributed by atoms with van der Waals surface area (Å²) >= 11 is 0. The SMILES string of the molecule is Cc1ccc(-c2cccc(-c3cc(C)ccc3-c3ccc(C)cc3)c2)cc1. The summed E-state index contributed by atoms with van der Waals surface area (Å²) in [5.74, 6) is 0. The summed E-state index contributed by atoms with van der Waals surface area (Å²) in [6, 6.07) is 33.1. The molecule has 0 fully saturated rings. The molecule has 0 amide bonds. The molecule has 132 valence electrons. The summed E-state index contributed by atoms with van der Waals surface area (Å²) in [7, 11) is 0. The Bertz CT molecular complexity index is 1070. The van der Waals surface area contributed by atoms with Gasteiger partial charge in [0.1, 0.15) is 0 Å². The van der Waals surface area contributed by atoms with Gasteiger partial charge < -0.3 is 0 Å². The summed E-state index contributed by atoms with van der Waals surface area (Å²) in [6.07, 6.45) is 0. The lowest BCUT2D eigenvalue weighted by molar-refractivity contribution is 1.44. The normalized spacial score (nSPS) is 10.8. The zero-order valence-corrected chi connectivity index (χ0v) is 16.2. The Kier molecular flexibility index (Phi) is 4.64. The fraction of sp³-hybridized carbons (Fsp3) is 0.111. The second-order valence-corrected chi connectivity index (χ2v) is 7.36. The van der Waals surface area contributed by atoms with Crippen molar-refractivity contribution in [2.24, 2.45) is 0 Å². The third-order valence-corrected chi connectivity index (χ3v) is 5.10. The highest BCUT2D eigenvalue weighted by molar-refractivity contribution is 5.85. The van der Waals surface area contributed by atoms with Gasteiger partial charge in [-0.25, -0.2) is 0 Å². The molecular formula is C27H24. The molecule has 0 aliphatic heterocycles. The zero-order chi connectivity index (χ0) is 18.8. The van der Waals surface area contributed by atoms with Crippen LogP contribution in [0.15, 0.2) is 91.0 Å². The monoisotopic (exact) mass is 348 g/mol. The number of benzene rings is 4. The van der Waals surface area contributed by atoms with Crippen molar-refractivity contribution in [1.82, 2.24) is 0 Å². The maximum Gasteiger partial charge on any atom is -0.0103 e. The van der Waals surface area contributed by atoms with E-state index in [4.69, 9.17) is 0 Å². The molecule has 0 nitrogen and oxygen atoms in total. The van der Waals surface area contributed by atoms with Crippen LogP contribution in [0.2, 0.25) is 0 Å². The van der Waals surface area contributed by atoms with Crippen LogP contribution in [0.1, 0.15) is 16.7 Å². The van der Waals surface area contributed by atoms with Crippen molar-refractivity contribution < 1.29 is 0 Å². The second kappa shape index (κ2) is 7.25. The van der Waals surface area contributed by atoms with Gasteiger partial charge in [-0.15, -0.1) is 0 Å². The molecule has 0 aliphatic carbocycles. The first-order valence-electron chi connectivity index (χ1n) is 9.45. The first-order valence-corrected chi connectivity index (χ1v) is 9.45. The molecule has 0 atom stereocenters. The highest BCUT2D eigenvalue weighted by Crippen LogP contribution is 2.35. The quantitative estimate of drug-likeness (QED) is 0.357. The standard InChI is InChI=1S/C27H24/c1-19-7-12-22(13-8-19)24-5-4-6-25(18-24)27-17-21(3)11-16-26(27)23-14-9-20(2)10-15-23/h4-18H,1-3H3. The Labute approximate surface area is 162 Å². The van der Waals surface area contributed by atoms with E-state index < -0.39 is 0 Å². The molecule has 0 spiro atoms. The van der Waals surface area contributed by atoms with E-state index in [1.165, 1.54) is 50.1 Å². The van der Waals surface area contributed by atoms with Crippen LogP contribution in [-0.4, -0.2) is 0 Å². The molecule has 0 aromatic heterocycles. The number of rotatable bonds is 3. The van der Waals surface area contributed by atoms with E-state index in [1.807, 2.05) is 0 Å². The lowest BCUT2D eigenvalue weighted by Gasteiger charge is -2.13. The summed E-state index contributed by atoms with van der Waals surface area (Å²) in [5, 5.41) is 0. The lowest BCUT2D eigenvalue weighted by Crippen LogP contribution is -1.88. The molecule has 4 aromatic carbocycles. The highest BCUT2D eigenvalue weighted by Gasteiger charge is 2.09. The molecule has 0 saturated carbocycles. The average Bonchev–Trinajstić information content (AvgIpc) is 2.69. The average molecular weight is 348 g/mol. The molecule has 0 N–H and O–H groups in total. The fourth-order valence-electron chi connectivity index (χ4n) is 3.49.